The minimum absolute atomic E-state index is 0.0933. The van der Waals surface area contributed by atoms with Crippen molar-refractivity contribution in [3.8, 4) is 0 Å². The van der Waals surface area contributed by atoms with Crippen LogP contribution in [0.4, 0.5) is 0 Å². The lowest BCUT2D eigenvalue weighted by atomic mass is 9.97. The lowest BCUT2D eigenvalue weighted by Crippen LogP contribution is -2.58. The maximum Gasteiger partial charge on any atom is 0.250 e. The topological polar surface area (TPSA) is 37.3 Å². The van der Waals surface area contributed by atoms with Crippen molar-refractivity contribution in [1.29, 1.82) is 0 Å². The van der Waals surface area contributed by atoms with Gasteiger partial charge in [0.1, 0.15) is 0 Å². The van der Waals surface area contributed by atoms with Crippen LogP contribution < -0.4 is 10.9 Å². The highest BCUT2D eigenvalue weighted by atomic mass is 16.1. The van der Waals surface area contributed by atoms with Gasteiger partial charge in [-0.25, -0.2) is 0 Å². The molecule has 0 amide bonds. The maximum absolute atomic E-state index is 11.8. The zero-order valence-corrected chi connectivity index (χ0v) is 12.9. The van der Waals surface area contributed by atoms with Gasteiger partial charge in [-0.1, -0.05) is 26.8 Å². The van der Waals surface area contributed by atoms with Gasteiger partial charge in [0.05, 0.1) is 0 Å². The van der Waals surface area contributed by atoms with Gasteiger partial charge in [-0.05, 0) is 18.4 Å². The van der Waals surface area contributed by atoms with Crippen molar-refractivity contribution in [2.75, 3.05) is 19.6 Å². The van der Waals surface area contributed by atoms with E-state index in [-0.39, 0.29) is 5.56 Å². The number of hydrogen-bond acceptors (Lipinski definition) is 3. The molecule has 0 radical (unpaired) electrons. The number of hydrogen-bond donors (Lipinski definition) is 1. The van der Waals surface area contributed by atoms with Crippen LogP contribution in [0.3, 0.4) is 0 Å². The summed E-state index contributed by atoms with van der Waals surface area (Å²) in [6.45, 7) is 10.7. The van der Waals surface area contributed by atoms with E-state index in [1.807, 2.05) is 12.3 Å². The molecule has 0 saturated carbocycles. The molecule has 0 bridgehead atoms. The summed E-state index contributed by atoms with van der Waals surface area (Å²) in [6.07, 6.45) is 3.04. The smallest absolute Gasteiger partial charge is 0.250 e. The third-order valence-electron chi connectivity index (χ3n) is 4.33. The van der Waals surface area contributed by atoms with E-state index in [2.05, 4.69) is 31.0 Å². The molecule has 1 fully saturated rings. The van der Waals surface area contributed by atoms with E-state index in [1.54, 1.807) is 16.7 Å². The van der Waals surface area contributed by atoms with Crippen molar-refractivity contribution in [3.63, 3.8) is 0 Å². The molecule has 1 aliphatic rings. The van der Waals surface area contributed by atoms with Gasteiger partial charge in [-0.2, -0.15) is 0 Å². The summed E-state index contributed by atoms with van der Waals surface area (Å²) in [4.78, 5) is 14.3. The summed E-state index contributed by atoms with van der Waals surface area (Å²) >= 11 is 0. The largest absolute Gasteiger partial charge is 0.314 e. The summed E-state index contributed by atoms with van der Waals surface area (Å²) < 4.78 is 1.81. The normalized spacial score (nSPS) is 24.2. The van der Waals surface area contributed by atoms with E-state index in [0.717, 1.165) is 32.6 Å². The number of nitrogens with one attached hydrogen (secondary N) is 1. The molecule has 1 aliphatic heterocycles. The second-order valence-electron chi connectivity index (χ2n) is 6.05. The van der Waals surface area contributed by atoms with Gasteiger partial charge in [-0.15, -0.1) is 0 Å². The summed E-state index contributed by atoms with van der Waals surface area (Å²) in [6, 6.07) is 6.50. The van der Waals surface area contributed by atoms with Gasteiger partial charge in [0.25, 0.3) is 5.56 Å². The third-order valence-corrected chi connectivity index (χ3v) is 4.33. The van der Waals surface area contributed by atoms with Crippen molar-refractivity contribution in [1.82, 2.24) is 14.8 Å². The van der Waals surface area contributed by atoms with Gasteiger partial charge in [-0.3, -0.25) is 9.69 Å². The first-order chi connectivity index (χ1) is 9.61. The van der Waals surface area contributed by atoms with Crippen LogP contribution in [0.1, 0.15) is 27.2 Å². The van der Waals surface area contributed by atoms with Crippen LogP contribution in [-0.4, -0.2) is 41.2 Å². The van der Waals surface area contributed by atoms with Crippen molar-refractivity contribution < 1.29 is 0 Å². The molecule has 1 N–H and O–H groups in total. The zero-order valence-electron chi connectivity index (χ0n) is 12.9. The number of nitrogens with zero attached hydrogens (tertiary/aromatic N) is 2. The fourth-order valence-electron chi connectivity index (χ4n) is 2.97. The Morgan fingerprint density at radius 1 is 1.35 bits per heavy atom. The molecule has 1 saturated heterocycles. The Labute approximate surface area is 121 Å². The first-order valence-corrected chi connectivity index (χ1v) is 7.74. The third kappa shape index (κ3) is 3.70. The van der Waals surface area contributed by atoms with Gasteiger partial charge >= 0.3 is 0 Å². The van der Waals surface area contributed by atoms with Crippen molar-refractivity contribution in [3.05, 3.63) is 34.7 Å². The molecule has 20 heavy (non-hydrogen) atoms. The first-order valence-electron chi connectivity index (χ1n) is 7.74. The molecular formula is C16H27N3O. The molecule has 0 spiro atoms. The number of piperazine rings is 1. The summed E-state index contributed by atoms with van der Waals surface area (Å²) in [5.41, 5.74) is 0.0933. The van der Waals surface area contributed by atoms with Gasteiger partial charge in [0.15, 0.2) is 0 Å². The highest BCUT2D eigenvalue weighted by Gasteiger charge is 2.28. The predicted molar refractivity (Wildman–Crippen MR) is 83.0 cm³/mol. The van der Waals surface area contributed by atoms with E-state index in [1.165, 1.54) is 0 Å². The Morgan fingerprint density at radius 3 is 2.80 bits per heavy atom. The number of pyridine rings is 1. The van der Waals surface area contributed by atoms with Crippen molar-refractivity contribution >= 4 is 0 Å². The Balaban J connectivity index is 2.00. The van der Waals surface area contributed by atoms with E-state index >= 15 is 0 Å². The Morgan fingerprint density at radius 2 is 2.15 bits per heavy atom. The second-order valence-corrected chi connectivity index (χ2v) is 6.05. The van der Waals surface area contributed by atoms with Crippen LogP contribution in [0.5, 0.6) is 0 Å². The second kappa shape index (κ2) is 7.04. The molecule has 2 rings (SSSR count). The van der Waals surface area contributed by atoms with Gasteiger partial charge < -0.3 is 9.88 Å². The van der Waals surface area contributed by atoms with Crippen LogP contribution >= 0.6 is 0 Å². The summed E-state index contributed by atoms with van der Waals surface area (Å²) in [7, 11) is 0. The average molecular weight is 277 g/mol. The predicted octanol–water partition coefficient (Wildman–Crippen LogP) is 1.56. The minimum Gasteiger partial charge on any atom is -0.314 e. The average Bonchev–Trinajstić information content (AvgIpc) is 2.46. The Bertz CT molecular complexity index is 469. The maximum atomic E-state index is 11.8. The highest BCUT2D eigenvalue weighted by molar-refractivity contribution is 4.94. The molecular weight excluding hydrogens is 250 g/mol. The molecule has 112 valence electrons. The highest BCUT2D eigenvalue weighted by Crippen LogP contribution is 2.16. The SMILES string of the molecule is CCC1CN(CCn2ccccc2=O)C(C(C)C)CN1. The number of rotatable bonds is 5. The molecule has 2 unspecified atom stereocenters. The van der Waals surface area contributed by atoms with Crippen molar-refractivity contribution in [2.24, 2.45) is 5.92 Å². The molecule has 4 heteroatoms. The van der Waals surface area contributed by atoms with Crippen LogP contribution in [0.25, 0.3) is 0 Å². The van der Waals surface area contributed by atoms with E-state index in [9.17, 15) is 4.79 Å². The summed E-state index contributed by atoms with van der Waals surface area (Å²) in [5, 5.41) is 3.63. The quantitative estimate of drug-likeness (QED) is 0.887. The monoisotopic (exact) mass is 277 g/mol. The standard InChI is InChI=1S/C16H27N3O/c1-4-14-12-19(15(11-17-14)13(2)3)10-9-18-8-6-5-7-16(18)20/h5-8,13-15,17H,4,9-12H2,1-3H3. The lowest BCUT2D eigenvalue weighted by molar-refractivity contribution is 0.0932. The van der Waals surface area contributed by atoms with Crippen LogP contribution in [0.15, 0.2) is 29.2 Å². The van der Waals surface area contributed by atoms with Crippen LogP contribution in [0.2, 0.25) is 0 Å². The first kappa shape index (κ1) is 15.3. The Hall–Kier alpha value is -1.13. The fourth-order valence-corrected chi connectivity index (χ4v) is 2.97. The molecule has 2 atom stereocenters. The number of aromatic nitrogens is 1. The van der Waals surface area contributed by atoms with Crippen molar-refractivity contribution in [2.45, 2.75) is 45.8 Å². The summed E-state index contributed by atoms with van der Waals surface area (Å²) in [5.74, 6) is 0.632. The van der Waals surface area contributed by atoms with Crippen LogP contribution in [-0.2, 0) is 6.54 Å². The van der Waals surface area contributed by atoms with E-state index in [0.29, 0.717) is 18.0 Å². The Kier molecular flexibility index (Phi) is 5.38. The van der Waals surface area contributed by atoms with E-state index in [4.69, 9.17) is 0 Å². The molecule has 0 aromatic carbocycles. The van der Waals surface area contributed by atoms with Gasteiger partial charge in [0, 0.05) is 50.5 Å². The molecule has 4 nitrogen and oxygen atoms in total. The zero-order chi connectivity index (χ0) is 14.5. The van der Waals surface area contributed by atoms with Crippen LogP contribution in [0, 0.1) is 5.92 Å². The fraction of sp³-hybridized carbons (Fsp3) is 0.688. The van der Waals surface area contributed by atoms with E-state index < -0.39 is 0 Å². The lowest BCUT2D eigenvalue weighted by Gasteiger charge is -2.42. The van der Waals surface area contributed by atoms with Gasteiger partial charge in [0.2, 0.25) is 0 Å². The molecule has 1 aromatic rings. The molecule has 1 aromatic heterocycles. The molecule has 0 aliphatic carbocycles. The molecule has 2 heterocycles. The minimum atomic E-state index is 0.0933.